The smallest absolute Gasteiger partial charge is 0.234 e. The highest BCUT2D eigenvalue weighted by molar-refractivity contribution is 6.02. The van der Waals surface area contributed by atoms with Gasteiger partial charge in [-0.3, -0.25) is 19.7 Å². The van der Waals surface area contributed by atoms with E-state index in [2.05, 4.69) is 10.3 Å². The minimum atomic E-state index is -0.347. The SMILES string of the molecule is O=Cc1ccc2c(C3CCC(=O)NC3=O)cccc2n1. The molecule has 2 heterocycles. The number of pyridine rings is 1. The number of nitrogens with one attached hydrogen (secondary N) is 1. The van der Waals surface area contributed by atoms with Crippen LogP contribution in [0.4, 0.5) is 0 Å². The number of hydrogen-bond donors (Lipinski definition) is 1. The topological polar surface area (TPSA) is 76.1 Å². The van der Waals surface area contributed by atoms with Crippen LogP contribution in [0.15, 0.2) is 30.3 Å². The minimum Gasteiger partial charge on any atom is -0.296 e. The number of fused-ring (bicyclic) bond motifs is 1. The predicted octanol–water partition coefficient (Wildman–Crippen LogP) is 1.57. The minimum absolute atomic E-state index is 0.229. The number of aromatic nitrogens is 1. The van der Waals surface area contributed by atoms with Gasteiger partial charge in [0.25, 0.3) is 0 Å². The van der Waals surface area contributed by atoms with Crippen molar-refractivity contribution in [2.75, 3.05) is 0 Å². The lowest BCUT2D eigenvalue weighted by Gasteiger charge is -2.22. The first-order valence-electron chi connectivity index (χ1n) is 6.37. The van der Waals surface area contributed by atoms with Gasteiger partial charge in [-0.05, 0) is 24.1 Å². The van der Waals surface area contributed by atoms with Crippen LogP contribution < -0.4 is 5.32 Å². The van der Waals surface area contributed by atoms with Gasteiger partial charge in [0.15, 0.2) is 6.29 Å². The van der Waals surface area contributed by atoms with Crippen LogP contribution in [-0.2, 0) is 9.59 Å². The molecule has 20 heavy (non-hydrogen) atoms. The maximum atomic E-state index is 12.0. The average molecular weight is 268 g/mol. The van der Waals surface area contributed by atoms with E-state index < -0.39 is 0 Å². The number of rotatable bonds is 2. The molecule has 1 aliphatic rings. The van der Waals surface area contributed by atoms with E-state index in [1.54, 1.807) is 18.2 Å². The van der Waals surface area contributed by atoms with Crippen molar-refractivity contribution in [3.63, 3.8) is 0 Å². The fourth-order valence-electron chi connectivity index (χ4n) is 2.55. The molecule has 1 aliphatic heterocycles. The second-order valence-corrected chi connectivity index (χ2v) is 4.77. The molecular formula is C15H12N2O3. The van der Waals surface area contributed by atoms with Crippen molar-refractivity contribution in [1.29, 1.82) is 0 Å². The quantitative estimate of drug-likeness (QED) is 0.662. The summed E-state index contributed by atoms with van der Waals surface area (Å²) in [7, 11) is 0. The number of carbonyl (C=O) groups excluding carboxylic acids is 3. The number of carbonyl (C=O) groups is 3. The van der Waals surface area contributed by atoms with Gasteiger partial charge in [0.05, 0.1) is 11.4 Å². The van der Waals surface area contributed by atoms with Crippen LogP contribution in [0.1, 0.15) is 34.8 Å². The Kier molecular flexibility index (Phi) is 3.02. The maximum absolute atomic E-state index is 12.0. The molecule has 1 unspecified atom stereocenters. The molecule has 1 N–H and O–H groups in total. The monoisotopic (exact) mass is 268 g/mol. The lowest BCUT2D eigenvalue weighted by atomic mass is 9.88. The summed E-state index contributed by atoms with van der Waals surface area (Å²) in [6.07, 6.45) is 1.53. The molecule has 3 rings (SSSR count). The fraction of sp³-hybridized carbons (Fsp3) is 0.200. The Hall–Kier alpha value is -2.56. The molecular weight excluding hydrogens is 256 g/mol. The molecule has 1 aromatic heterocycles. The van der Waals surface area contributed by atoms with Crippen LogP contribution >= 0.6 is 0 Å². The zero-order valence-electron chi connectivity index (χ0n) is 10.6. The van der Waals surface area contributed by atoms with Gasteiger partial charge < -0.3 is 0 Å². The van der Waals surface area contributed by atoms with Crippen molar-refractivity contribution in [2.45, 2.75) is 18.8 Å². The van der Waals surface area contributed by atoms with Crippen LogP contribution in [0.5, 0.6) is 0 Å². The highest BCUT2D eigenvalue weighted by Crippen LogP contribution is 2.30. The summed E-state index contributed by atoms with van der Waals surface area (Å²) in [4.78, 5) is 38.2. The van der Waals surface area contributed by atoms with E-state index in [0.717, 1.165) is 10.9 Å². The normalized spacial score (nSPS) is 18.9. The second kappa shape index (κ2) is 4.85. The van der Waals surface area contributed by atoms with Gasteiger partial charge in [-0.1, -0.05) is 18.2 Å². The predicted molar refractivity (Wildman–Crippen MR) is 72.3 cm³/mol. The third-order valence-electron chi connectivity index (χ3n) is 3.52. The molecule has 2 amide bonds. The Morgan fingerprint density at radius 3 is 2.80 bits per heavy atom. The highest BCUT2D eigenvalue weighted by atomic mass is 16.2. The first kappa shape index (κ1) is 12.5. The summed E-state index contributed by atoms with van der Waals surface area (Å²) < 4.78 is 0. The molecule has 2 aromatic rings. The van der Waals surface area contributed by atoms with Gasteiger partial charge >= 0.3 is 0 Å². The zero-order valence-corrected chi connectivity index (χ0v) is 10.6. The molecule has 100 valence electrons. The molecule has 0 bridgehead atoms. The number of imide groups is 1. The van der Waals surface area contributed by atoms with Crippen molar-refractivity contribution in [3.8, 4) is 0 Å². The van der Waals surface area contributed by atoms with E-state index in [1.165, 1.54) is 0 Å². The number of hydrogen-bond acceptors (Lipinski definition) is 4. The molecule has 0 spiro atoms. The van der Waals surface area contributed by atoms with Crippen molar-refractivity contribution in [3.05, 3.63) is 41.6 Å². The van der Waals surface area contributed by atoms with E-state index in [1.807, 2.05) is 12.1 Å². The molecule has 1 fully saturated rings. The molecule has 0 saturated carbocycles. The summed E-state index contributed by atoms with van der Waals surface area (Å²) in [6.45, 7) is 0. The van der Waals surface area contributed by atoms with Crippen LogP contribution in [0, 0.1) is 0 Å². The third kappa shape index (κ3) is 2.07. The molecule has 1 saturated heterocycles. The second-order valence-electron chi connectivity index (χ2n) is 4.77. The van der Waals surface area contributed by atoms with Crippen LogP contribution in [-0.4, -0.2) is 23.1 Å². The van der Waals surface area contributed by atoms with Crippen molar-refractivity contribution < 1.29 is 14.4 Å². The standard InChI is InChI=1S/C15H12N2O3/c18-8-9-4-5-11-10(2-1-3-13(11)16-9)12-6-7-14(19)17-15(12)20/h1-5,8,12H,6-7H2,(H,17,19,20). The molecule has 0 aliphatic carbocycles. The van der Waals surface area contributed by atoms with Gasteiger partial charge in [0.2, 0.25) is 11.8 Å². The highest BCUT2D eigenvalue weighted by Gasteiger charge is 2.29. The summed E-state index contributed by atoms with van der Waals surface area (Å²) in [5.74, 6) is -0.846. The summed E-state index contributed by atoms with van der Waals surface area (Å²) in [6, 6.07) is 8.90. The molecule has 1 aromatic carbocycles. The summed E-state index contributed by atoms with van der Waals surface area (Å²) in [5, 5.41) is 3.20. The lowest BCUT2D eigenvalue weighted by molar-refractivity contribution is -0.134. The van der Waals surface area contributed by atoms with E-state index in [-0.39, 0.29) is 17.7 Å². The van der Waals surface area contributed by atoms with Crippen LogP contribution in [0.25, 0.3) is 10.9 Å². The Morgan fingerprint density at radius 2 is 2.05 bits per heavy atom. The van der Waals surface area contributed by atoms with Gasteiger partial charge in [-0.15, -0.1) is 0 Å². The Bertz CT molecular complexity index is 724. The Morgan fingerprint density at radius 1 is 1.20 bits per heavy atom. The Balaban J connectivity index is 2.09. The number of piperidine rings is 1. The molecule has 5 nitrogen and oxygen atoms in total. The number of amides is 2. The third-order valence-corrected chi connectivity index (χ3v) is 3.52. The van der Waals surface area contributed by atoms with Gasteiger partial charge in [0.1, 0.15) is 5.69 Å². The number of benzene rings is 1. The van der Waals surface area contributed by atoms with Crippen LogP contribution in [0.3, 0.4) is 0 Å². The zero-order chi connectivity index (χ0) is 14.1. The number of aldehydes is 1. The lowest BCUT2D eigenvalue weighted by Crippen LogP contribution is -2.39. The maximum Gasteiger partial charge on any atom is 0.234 e. The van der Waals surface area contributed by atoms with Gasteiger partial charge in [-0.25, -0.2) is 4.98 Å². The van der Waals surface area contributed by atoms with E-state index in [4.69, 9.17) is 0 Å². The van der Waals surface area contributed by atoms with Crippen molar-refractivity contribution in [1.82, 2.24) is 10.3 Å². The van der Waals surface area contributed by atoms with E-state index >= 15 is 0 Å². The van der Waals surface area contributed by atoms with Crippen molar-refractivity contribution >= 4 is 29.0 Å². The molecule has 0 radical (unpaired) electrons. The van der Waals surface area contributed by atoms with E-state index in [9.17, 15) is 14.4 Å². The Labute approximate surface area is 115 Å². The summed E-state index contributed by atoms with van der Waals surface area (Å²) in [5.41, 5.74) is 1.88. The number of nitrogens with zero attached hydrogens (tertiary/aromatic N) is 1. The molecule has 1 atom stereocenters. The summed E-state index contributed by atoms with van der Waals surface area (Å²) >= 11 is 0. The average Bonchev–Trinajstić information content (AvgIpc) is 2.46. The first-order chi connectivity index (χ1) is 9.69. The van der Waals surface area contributed by atoms with Gasteiger partial charge in [-0.2, -0.15) is 0 Å². The largest absolute Gasteiger partial charge is 0.296 e. The first-order valence-corrected chi connectivity index (χ1v) is 6.37. The van der Waals surface area contributed by atoms with Gasteiger partial charge in [0, 0.05) is 11.8 Å². The fourth-order valence-corrected chi connectivity index (χ4v) is 2.55. The van der Waals surface area contributed by atoms with Crippen LogP contribution in [0.2, 0.25) is 0 Å². The molecule has 5 heteroatoms. The van der Waals surface area contributed by atoms with Crippen molar-refractivity contribution in [2.24, 2.45) is 0 Å². The van der Waals surface area contributed by atoms with E-state index in [0.29, 0.717) is 30.3 Å².